The molecule has 0 aromatic heterocycles. The molecule has 28 aromatic rings. The molecule has 0 heteroatoms. The summed E-state index contributed by atoms with van der Waals surface area (Å²) in [4.78, 5) is 0. The molecule has 0 N–H and O–H groups in total. The van der Waals surface area contributed by atoms with Crippen LogP contribution < -0.4 is 20.9 Å². The topological polar surface area (TPSA) is 0 Å². The first kappa shape index (κ1) is 48.8. The number of benzene rings is 28. The van der Waals surface area contributed by atoms with Gasteiger partial charge in [-0.3, -0.25) is 0 Å². The van der Waals surface area contributed by atoms with Gasteiger partial charge < -0.3 is 0 Å². The van der Waals surface area contributed by atoms with E-state index in [0.29, 0.717) is 28.2 Å². The number of rotatable bonds is 11. The zero-order chi connectivity index (χ0) is 148. The Kier molecular flexibility index (Phi) is 12.8. The van der Waals surface area contributed by atoms with Gasteiger partial charge in [-0.05, 0) is 309 Å². The molecule has 28 aromatic carbocycles. The number of hydrogen-bond acceptors (Lipinski definition) is 0. The van der Waals surface area contributed by atoms with Crippen molar-refractivity contribution >= 4 is 164 Å². The Morgan fingerprint density at radius 2 is 0.513 bits per heavy atom. The molecule has 30 rings (SSSR count). The molecule has 0 radical (unpaired) electrons. The molecule has 1 atom stereocenters. The van der Waals surface area contributed by atoms with Gasteiger partial charge in [-0.1, -0.05) is 563 Å². The highest BCUT2D eigenvalue weighted by molar-refractivity contribution is 6.27. The average molecular weight is 1960 g/mol. The largest absolute Gasteiger partial charge is 0.0763 e. The van der Waals surface area contributed by atoms with Crippen molar-refractivity contribution in [3.05, 3.63) is 589 Å². The molecule has 1 unspecified atom stereocenters. The highest BCUT2D eigenvalue weighted by Gasteiger charge is 2.26. The molecule has 0 saturated carbocycles. The SMILES string of the molecule is C1=c2ccccc2=CC(c2ccc(-c3c4ccccc4c(C4=c5ccccc5=CCC4)c4ccccc34)cc2)C1.[2H]c1c([2H])c(-c2c3c([2H])c([2H])c([2H])c([2H])c3c(-c3c([2H])c([2H])c([2H])c4c([2H])c([2H])c([2H])c([2H])c34)c3c([2H])c([2H])c([2H])c([2H])c23)c([2H])c([2H])c1-c1c([2H])c([2H])c2c([2H])c([2H])c([2H])c([2H])c2c1[2H].[2H]c1c([2H])c([2H])c2c(-c3ccc(-c4cccc5ccccc45)cc3)c3c([2H])c([2H])c([2H])c([2H])c3c(-c3ccccc3)c2c1[2H].[2H]c1c([2H])c([2H])c2c([2H])c(-c3c4c([2H])c([2H])c([2H])c([2H])c4c(-c4c([2H])c([2H])c([2H])c5c([2H])c([2H])c([2H])c([2H])c45)c4c([2H])c([2H])c([2H])c([2H])c34)c([2H])c([2H])c2c1[2H]. The van der Waals surface area contributed by atoms with Gasteiger partial charge in [-0.2, -0.15) is 0 Å². The summed E-state index contributed by atoms with van der Waals surface area (Å²) < 4.78 is 494. The van der Waals surface area contributed by atoms with Crippen LogP contribution in [-0.2, 0) is 0 Å². The molecule has 0 saturated heterocycles. The smallest absolute Gasteiger partial charge is 0.0636 e. The van der Waals surface area contributed by atoms with Crippen LogP contribution in [0.3, 0.4) is 0 Å². The van der Waals surface area contributed by atoms with Crippen LogP contribution in [0.1, 0.15) is 113 Å². The minimum atomic E-state index is -1.07. The second-order valence-corrected chi connectivity index (χ2v) is 35.6. The Bertz CT molecular complexity index is 13900. The molecular formula is C150H102. The van der Waals surface area contributed by atoms with Gasteiger partial charge >= 0.3 is 0 Å². The third kappa shape index (κ3) is 16.4. The Hall–Kier alpha value is -19.0. The van der Waals surface area contributed by atoms with Crippen LogP contribution in [0.4, 0.5) is 0 Å². The third-order valence-electron chi connectivity index (χ3n) is 27.3. The van der Waals surface area contributed by atoms with Crippen LogP contribution in [0.15, 0.2) is 557 Å². The van der Waals surface area contributed by atoms with Gasteiger partial charge in [0.2, 0.25) is 0 Å². The van der Waals surface area contributed by atoms with Crippen LogP contribution in [-0.4, -0.2) is 0 Å². The molecule has 0 bridgehead atoms. The number of hydrogen-bond donors (Lipinski definition) is 0. The molecule has 0 heterocycles. The van der Waals surface area contributed by atoms with Crippen molar-refractivity contribution in [3.8, 4) is 100 Å². The van der Waals surface area contributed by atoms with E-state index in [1.165, 1.54) is 70.2 Å². The molecule has 0 amide bonds. The first-order valence-electron chi connectivity index (χ1n) is 76.0. The van der Waals surface area contributed by atoms with Crippen LogP contribution in [0, 0.1) is 0 Å². The Balaban J connectivity index is 0.000000126. The van der Waals surface area contributed by atoms with E-state index in [2.05, 4.69) is 158 Å². The summed E-state index contributed by atoms with van der Waals surface area (Å²) in [5.41, 5.74) is 3.62. The van der Waals surface area contributed by atoms with Crippen molar-refractivity contribution in [1.29, 1.82) is 0 Å². The van der Waals surface area contributed by atoms with Gasteiger partial charge in [-0.25, -0.2) is 0 Å². The zero-order valence-corrected chi connectivity index (χ0v) is 78.7. The molecular weight excluding hydrogens is 1800 g/mol. The first-order chi connectivity index (χ1) is 97.8. The maximum atomic E-state index is 9.43. The zero-order valence-electron chi connectivity index (χ0n) is 135. The van der Waals surface area contributed by atoms with Gasteiger partial charge in [0.05, 0.1) is 76.8 Å². The summed E-state index contributed by atoms with van der Waals surface area (Å²) in [6.45, 7) is 0. The lowest BCUT2D eigenvalue weighted by Gasteiger charge is -2.21. The van der Waals surface area contributed by atoms with Gasteiger partial charge in [0, 0.05) is 5.92 Å². The predicted octanol–water partition coefficient (Wildman–Crippen LogP) is 38.3. The van der Waals surface area contributed by atoms with E-state index in [4.69, 9.17) is 57.6 Å². The second kappa shape index (κ2) is 39.2. The van der Waals surface area contributed by atoms with Crippen LogP contribution in [0.5, 0.6) is 0 Å². The lowest BCUT2D eigenvalue weighted by molar-refractivity contribution is 0.921. The minimum absolute atomic E-state index is 0.213. The summed E-state index contributed by atoms with van der Waals surface area (Å²) in [6.07, 6.45) is 10.4. The van der Waals surface area contributed by atoms with E-state index >= 15 is 0 Å². The molecule has 2 aliphatic rings. The normalized spacial score (nSPS) is 17.9. The van der Waals surface area contributed by atoms with Crippen molar-refractivity contribution in [1.82, 2.24) is 0 Å². The summed E-state index contributed by atoms with van der Waals surface area (Å²) in [7, 11) is 0. The predicted molar refractivity (Wildman–Crippen MR) is 646 cm³/mol. The van der Waals surface area contributed by atoms with E-state index < -0.39 is 456 Å². The molecule has 150 heavy (non-hydrogen) atoms. The standard InChI is InChI=1S/C40H30.C40H26.C36H24.C34H22/c2*1-2-12-31-26-32(25-22-27(31)10-1)28-20-23-30(24-21-28)39-35-15-5-7-17-37(35)40(38-18-8-6-16-36(38)39)34-19-9-13-29-11-3-4-14-33(29)34;1-2-12-27(13-3-1)35-31-16-6-8-18-33(31)36(34-19-9-7-17-32(34)35)28-23-21-26(22-24-28)30-20-10-14-25-11-4-5-15-29(25)30;1-2-12-25-22-26(21-20-23(25)10-1)33-29-15-5-7-17-31(29)34(32-18-8-6-16-30(32)33)28-19-9-13-24-11-3-4-14-27(24)28/h1-8,10-18,20-24,26,32H,9,19,25H2;1-26H;1-24H;1-22H/i;1D,2D,3D,4D,5D,6D,7D,8D,9D,10D,11D,12D,13D,14D,15D,16D,17D,18D,19D,20D,21D,22D,23D,24D,25D,26D;6D,7D,8D,9D,16D,17D,18D,19D;1D,2D,3D,4D,5D,6D,7D,8D,9D,10D,11D,12D,13D,14D,15D,16D,17D,18D,19D,20D,21D,22D. The molecule has 2 aliphatic carbocycles. The van der Waals surface area contributed by atoms with E-state index in [1.54, 1.807) is 24.3 Å². The Morgan fingerprint density at radius 1 is 0.173 bits per heavy atom. The number of fused-ring (bicyclic) bond motifs is 15. The average Bonchev–Trinajstić information content (AvgIpc) is 0.680. The minimum Gasteiger partial charge on any atom is -0.0763 e. The maximum Gasteiger partial charge on any atom is 0.0636 e. The van der Waals surface area contributed by atoms with Gasteiger partial charge in [0.15, 0.2) is 0 Å². The lowest BCUT2D eigenvalue weighted by atomic mass is 9.82. The van der Waals surface area contributed by atoms with E-state index in [1.807, 2.05) is 54.6 Å². The summed E-state index contributed by atoms with van der Waals surface area (Å²) in [5, 5.41) is 3.84. The molecule has 0 aliphatic heterocycles. The monoisotopic (exact) mass is 1960 g/mol. The van der Waals surface area contributed by atoms with Gasteiger partial charge in [0.1, 0.15) is 0 Å². The van der Waals surface area contributed by atoms with Gasteiger partial charge in [-0.15, -0.1) is 0 Å². The van der Waals surface area contributed by atoms with Crippen molar-refractivity contribution in [3.63, 3.8) is 0 Å². The van der Waals surface area contributed by atoms with E-state index in [-0.39, 0.29) is 45.7 Å². The fourth-order valence-corrected chi connectivity index (χ4v) is 20.7. The van der Waals surface area contributed by atoms with Crippen molar-refractivity contribution in [2.75, 3.05) is 0 Å². The fraction of sp³-hybridized carbons (Fsp3) is 0.0267. The lowest BCUT2D eigenvalue weighted by Crippen LogP contribution is -2.29. The summed E-state index contributed by atoms with van der Waals surface area (Å²) >= 11 is 0. The van der Waals surface area contributed by atoms with Crippen LogP contribution >= 0.6 is 0 Å². The highest BCUT2D eigenvalue weighted by atomic mass is 14.3. The maximum absolute atomic E-state index is 9.43. The molecule has 0 fully saturated rings. The quantitative estimate of drug-likeness (QED) is 0.113. The molecule has 702 valence electrons. The third-order valence-corrected chi connectivity index (χ3v) is 27.3. The van der Waals surface area contributed by atoms with Crippen LogP contribution in [0.2, 0.25) is 0 Å². The molecule has 0 nitrogen and oxygen atoms in total. The Labute approximate surface area is 951 Å². The van der Waals surface area contributed by atoms with Gasteiger partial charge in [0.25, 0.3) is 0 Å². The summed E-state index contributed by atoms with van der Waals surface area (Å²) in [6, 6.07) is 30.3. The van der Waals surface area contributed by atoms with Crippen molar-refractivity contribution < 1.29 is 76.8 Å². The highest BCUT2D eigenvalue weighted by Crippen LogP contribution is 2.52. The van der Waals surface area contributed by atoms with Crippen LogP contribution in [0.25, 0.3) is 264 Å². The first-order valence-corrected chi connectivity index (χ1v) is 48.0. The fourth-order valence-electron chi connectivity index (χ4n) is 20.7. The second-order valence-electron chi connectivity index (χ2n) is 35.6. The van der Waals surface area contributed by atoms with E-state index in [0.717, 1.165) is 41.2 Å². The van der Waals surface area contributed by atoms with E-state index in [9.17, 15) is 19.2 Å². The summed E-state index contributed by atoms with van der Waals surface area (Å²) in [5.74, 6) is 0.416. The van der Waals surface area contributed by atoms with Crippen molar-refractivity contribution in [2.45, 2.75) is 25.2 Å². The Morgan fingerprint density at radius 3 is 1.02 bits per heavy atom. The van der Waals surface area contributed by atoms with Crippen molar-refractivity contribution in [2.24, 2.45) is 0 Å². The molecule has 0 spiro atoms.